The number of aliphatic carboxylic acids is 1. The molecule has 0 aliphatic carbocycles. The predicted octanol–water partition coefficient (Wildman–Crippen LogP) is 2.10. The molecule has 0 saturated heterocycles. The number of rotatable bonds is 6. The van der Waals surface area contributed by atoms with Crippen LogP contribution < -0.4 is 9.47 Å². The molecule has 0 spiro atoms. The minimum absolute atomic E-state index is 0.0451. The molecule has 1 aliphatic heterocycles. The first-order valence-corrected chi connectivity index (χ1v) is 6.44. The van der Waals surface area contributed by atoms with Gasteiger partial charge in [-0.25, -0.2) is 0 Å². The Labute approximate surface area is 112 Å². The van der Waals surface area contributed by atoms with E-state index in [2.05, 4.69) is 6.92 Å². The summed E-state index contributed by atoms with van der Waals surface area (Å²) in [4.78, 5) is 12.9. The molecule has 0 aromatic heterocycles. The van der Waals surface area contributed by atoms with Gasteiger partial charge in [-0.3, -0.25) is 9.69 Å². The maximum absolute atomic E-state index is 10.9. The number of carbonyl (C=O) groups is 1. The Bertz CT molecular complexity index is 461. The molecule has 1 N–H and O–H groups in total. The van der Waals surface area contributed by atoms with Crippen molar-refractivity contribution in [3.8, 4) is 11.5 Å². The monoisotopic (exact) mass is 265 g/mol. The molecule has 1 aromatic rings. The summed E-state index contributed by atoms with van der Waals surface area (Å²) in [5.41, 5.74) is 1.03. The molecule has 1 unspecified atom stereocenters. The summed E-state index contributed by atoms with van der Waals surface area (Å²) in [7, 11) is 0. The Morgan fingerprint density at radius 3 is 2.84 bits per heavy atom. The highest BCUT2D eigenvalue weighted by Gasteiger charge is 2.18. The Kier molecular flexibility index (Phi) is 4.27. The molecule has 19 heavy (non-hydrogen) atoms. The first kappa shape index (κ1) is 13.7. The molecule has 104 valence electrons. The first-order valence-electron chi connectivity index (χ1n) is 6.44. The third kappa shape index (κ3) is 3.38. The highest BCUT2D eigenvalue weighted by molar-refractivity contribution is 5.69. The Hall–Kier alpha value is -1.75. The summed E-state index contributed by atoms with van der Waals surface area (Å²) >= 11 is 0. The number of ether oxygens (including phenoxy) is 2. The van der Waals surface area contributed by atoms with E-state index in [9.17, 15) is 4.79 Å². The first-order chi connectivity index (χ1) is 9.10. The van der Waals surface area contributed by atoms with Crippen molar-refractivity contribution in [2.75, 3.05) is 13.3 Å². The molecule has 5 nitrogen and oxygen atoms in total. The molecule has 0 fully saturated rings. The molecule has 1 heterocycles. The maximum atomic E-state index is 10.9. The summed E-state index contributed by atoms with van der Waals surface area (Å²) in [6.07, 6.45) is 0.915. The number of fused-ring (bicyclic) bond motifs is 1. The molecule has 5 heteroatoms. The van der Waals surface area contributed by atoms with Gasteiger partial charge in [0.25, 0.3) is 0 Å². The molecular formula is C14H19NO4. The van der Waals surface area contributed by atoms with E-state index >= 15 is 0 Å². The quantitative estimate of drug-likeness (QED) is 0.853. The van der Waals surface area contributed by atoms with Crippen LogP contribution >= 0.6 is 0 Å². The van der Waals surface area contributed by atoms with Crippen molar-refractivity contribution >= 4 is 5.97 Å². The lowest BCUT2D eigenvalue weighted by Crippen LogP contribution is -2.36. The van der Waals surface area contributed by atoms with Crippen LogP contribution in [0.15, 0.2) is 18.2 Å². The standard InChI is InChI=1S/C14H19NO4/c1-3-10(2)15(8-14(16)17)7-11-4-5-12-13(6-11)19-9-18-12/h4-6,10H,3,7-9H2,1-2H3,(H,16,17). The molecule has 0 saturated carbocycles. The average molecular weight is 265 g/mol. The smallest absolute Gasteiger partial charge is 0.317 e. The second-order valence-corrected chi connectivity index (χ2v) is 4.74. The van der Waals surface area contributed by atoms with E-state index in [0.29, 0.717) is 6.54 Å². The maximum Gasteiger partial charge on any atom is 0.317 e. The Balaban J connectivity index is 2.09. The van der Waals surface area contributed by atoms with Crippen LogP contribution in [0.4, 0.5) is 0 Å². The minimum atomic E-state index is -0.805. The summed E-state index contributed by atoms with van der Waals surface area (Å²) in [6, 6.07) is 5.96. The van der Waals surface area contributed by atoms with Crippen LogP contribution in [0.1, 0.15) is 25.8 Å². The van der Waals surface area contributed by atoms with Gasteiger partial charge in [0.15, 0.2) is 11.5 Å². The molecule has 0 bridgehead atoms. The minimum Gasteiger partial charge on any atom is -0.480 e. The highest BCUT2D eigenvalue weighted by atomic mass is 16.7. The fraction of sp³-hybridized carbons (Fsp3) is 0.500. The van der Waals surface area contributed by atoms with Gasteiger partial charge in [0.05, 0.1) is 6.54 Å². The number of hydrogen-bond donors (Lipinski definition) is 1. The summed E-state index contributed by atoms with van der Waals surface area (Å²) < 4.78 is 10.6. The topological polar surface area (TPSA) is 59.0 Å². The molecule has 0 radical (unpaired) electrons. The van der Waals surface area contributed by atoms with E-state index in [-0.39, 0.29) is 19.4 Å². The summed E-state index contributed by atoms with van der Waals surface area (Å²) in [5.74, 6) is 0.676. The predicted molar refractivity (Wildman–Crippen MR) is 70.4 cm³/mol. The van der Waals surface area contributed by atoms with Crippen LogP contribution in [0.3, 0.4) is 0 Å². The molecule has 1 aliphatic rings. The zero-order valence-electron chi connectivity index (χ0n) is 11.3. The lowest BCUT2D eigenvalue weighted by molar-refractivity contribution is -0.139. The second kappa shape index (κ2) is 5.93. The molecule has 0 amide bonds. The summed E-state index contributed by atoms with van der Waals surface area (Å²) in [5, 5.41) is 8.97. The van der Waals surface area contributed by atoms with Crippen LogP contribution in [-0.4, -0.2) is 35.4 Å². The Morgan fingerprint density at radius 2 is 2.16 bits per heavy atom. The average Bonchev–Trinajstić information content (AvgIpc) is 2.84. The molecular weight excluding hydrogens is 246 g/mol. The zero-order valence-corrected chi connectivity index (χ0v) is 11.3. The largest absolute Gasteiger partial charge is 0.480 e. The third-order valence-electron chi connectivity index (χ3n) is 3.38. The highest BCUT2D eigenvalue weighted by Crippen LogP contribution is 2.32. The van der Waals surface area contributed by atoms with Gasteiger partial charge < -0.3 is 14.6 Å². The van der Waals surface area contributed by atoms with Crippen LogP contribution in [0.25, 0.3) is 0 Å². The SMILES string of the molecule is CCC(C)N(CC(=O)O)Cc1ccc2c(c1)OCO2. The van der Waals surface area contributed by atoms with Gasteiger partial charge in [-0.1, -0.05) is 13.0 Å². The third-order valence-corrected chi connectivity index (χ3v) is 3.38. The van der Waals surface area contributed by atoms with Gasteiger partial charge in [0.2, 0.25) is 6.79 Å². The van der Waals surface area contributed by atoms with Crippen molar-refractivity contribution in [2.24, 2.45) is 0 Å². The normalized spacial score (nSPS) is 14.7. The fourth-order valence-electron chi connectivity index (χ4n) is 2.07. The van der Waals surface area contributed by atoms with Gasteiger partial charge in [-0.15, -0.1) is 0 Å². The van der Waals surface area contributed by atoms with Crippen molar-refractivity contribution < 1.29 is 19.4 Å². The number of benzene rings is 1. The van der Waals surface area contributed by atoms with Gasteiger partial charge in [-0.2, -0.15) is 0 Å². The van der Waals surface area contributed by atoms with Crippen LogP contribution in [0.2, 0.25) is 0 Å². The second-order valence-electron chi connectivity index (χ2n) is 4.74. The number of carboxylic acids is 1. The van der Waals surface area contributed by atoms with E-state index < -0.39 is 5.97 Å². The summed E-state index contributed by atoms with van der Waals surface area (Å²) in [6.45, 7) is 4.99. The van der Waals surface area contributed by atoms with Crippen molar-refractivity contribution in [3.63, 3.8) is 0 Å². The van der Waals surface area contributed by atoms with E-state index in [1.807, 2.05) is 30.0 Å². The van der Waals surface area contributed by atoms with Crippen LogP contribution in [0.5, 0.6) is 11.5 Å². The zero-order chi connectivity index (χ0) is 13.8. The van der Waals surface area contributed by atoms with Gasteiger partial charge in [-0.05, 0) is 31.0 Å². The number of carboxylic acid groups (broad SMARTS) is 1. The van der Waals surface area contributed by atoms with Gasteiger partial charge >= 0.3 is 5.97 Å². The van der Waals surface area contributed by atoms with E-state index in [4.69, 9.17) is 14.6 Å². The van der Waals surface area contributed by atoms with Gasteiger partial charge in [0, 0.05) is 12.6 Å². The van der Waals surface area contributed by atoms with Gasteiger partial charge in [0.1, 0.15) is 0 Å². The number of hydrogen-bond acceptors (Lipinski definition) is 4. The Morgan fingerprint density at radius 1 is 1.42 bits per heavy atom. The fourth-order valence-corrected chi connectivity index (χ4v) is 2.07. The van der Waals surface area contributed by atoms with Crippen LogP contribution in [-0.2, 0) is 11.3 Å². The lowest BCUT2D eigenvalue weighted by Gasteiger charge is -2.26. The van der Waals surface area contributed by atoms with Crippen molar-refractivity contribution in [2.45, 2.75) is 32.9 Å². The molecule has 1 atom stereocenters. The number of nitrogens with zero attached hydrogens (tertiary/aromatic N) is 1. The van der Waals surface area contributed by atoms with E-state index in [0.717, 1.165) is 23.5 Å². The molecule has 1 aromatic carbocycles. The molecule has 2 rings (SSSR count). The van der Waals surface area contributed by atoms with E-state index in [1.165, 1.54) is 0 Å². The van der Waals surface area contributed by atoms with E-state index in [1.54, 1.807) is 0 Å². The van der Waals surface area contributed by atoms with Crippen LogP contribution in [0, 0.1) is 0 Å². The van der Waals surface area contributed by atoms with Crippen molar-refractivity contribution in [3.05, 3.63) is 23.8 Å². The van der Waals surface area contributed by atoms with Crippen molar-refractivity contribution in [1.82, 2.24) is 4.90 Å². The van der Waals surface area contributed by atoms with Crippen molar-refractivity contribution in [1.29, 1.82) is 0 Å². The lowest BCUT2D eigenvalue weighted by atomic mass is 10.1.